The molecule has 0 aromatic heterocycles. The average Bonchev–Trinajstić information content (AvgIpc) is 2.39. The Morgan fingerprint density at radius 3 is 2.89 bits per heavy atom. The summed E-state index contributed by atoms with van der Waals surface area (Å²) in [5, 5.41) is 9.17. The second-order valence-corrected chi connectivity index (χ2v) is 5.77. The van der Waals surface area contributed by atoms with E-state index in [0.717, 1.165) is 29.5 Å². The van der Waals surface area contributed by atoms with Gasteiger partial charge in [0.1, 0.15) is 0 Å². The third kappa shape index (κ3) is 2.87. The number of nitrogens with zero attached hydrogens (tertiary/aromatic N) is 1. The number of aliphatic hydroxyl groups is 1. The number of rotatable bonds is 3. The number of hydrogen-bond donors (Lipinski definition) is 1. The molecule has 1 aliphatic heterocycles. The number of piperidine rings is 1. The van der Waals surface area contributed by atoms with Crippen LogP contribution in [0.2, 0.25) is 0 Å². The van der Waals surface area contributed by atoms with E-state index in [9.17, 15) is 5.11 Å². The molecule has 1 aromatic rings. The van der Waals surface area contributed by atoms with Crippen LogP contribution in [0.3, 0.4) is 0 Å². The van der Waals surface area contributed by atoms with E-state index < -0.39 is 0 Å². The summed E-state index contributed by atoms with van der Waals surface area (Å²) in [6, 6.07) is 6.12. The van der Waals surface area contributed by atoms with Gasteiger partial charge in [0.2, 0.25) is 0 Å². The Kier molecular flexibility index (Phi) is 4.65. The molecule has 0 radical (unpaired) electrons. The fraction of sp³-hybridized carbons (Fsp3) is 0.571. The molecule has 3 nitrogen and oxygen atoms in total. The van der Waals surface area contributed by atoms with Gasteiger partial charge in [-0.2, -0.15) is 0 Å². The first-order valence-electron chi connectivity index (χ1n) is 6.32. The topological polar surface area (TPSA) is 32.7 Å². The Bertz CT molecular complexity index is 411. The van der Waals surface area contributed by atoms with Crippen LogP contribution in [-0.2, 0) is 11.3 Å². The average molecular weight is 314 g/mol. The van der Waals surface area contributed by atoms with Crippen molar-refractivity contribution in [1.29, 1.82) is 0 Å². The number of ether oxygens (including phenoxy) is 1. The monoisotopic (exact) mass is 313 g/mol. The number of anilines is 1. The molecule has 1 aliphatic rings. The lowest BCUT2D eigenvalue weighted by Crippen LogP contribution is -2.43. The van der Waals surface area contributed by atoms with Gasteiger partial charge in [0.25, 0.3) is 0 Å². The smallest absolute Gasteiger partial charge is 0.0772 e. The van der Waals surface area contributed by atoms with Gasteiger partial charge in [0, 0.05) is 30.4 Å². The molecule has 0 amide bonds. The minimum atomic E-state index is 0.0680. The minimum absolute atomic E-state index is 0.0680. The van der Waals surface area contributed by atoms with Gasteiger partial charge in [-0.05, 0) is 30.0 Å². The Hall–Kier alpha value is -0.580. The molecular weight excluding hydrogens is 294 g/mol. The second-order valence-electron chi connectivity index (χ2n) is 4.92. The Labute approximate surface area is 117 Å². The zero-order valence-corrected chi connectivity index (χ0v) is 12.5. The van der Waals surface area contributed by atoms with Crippen molar-refractivity contribution < 1.29 is 9.84 Å². The van der Waals surface area contributed by atoms with Crippen LogP contribution >= 0.6 is 15.9 Å². The van der Waals surface area contributed by atoms with Crippen molar-refractivity contribution in [2.45, 2.75) is 26.1 Å². The van der Waals surface area contributed by atoms with Crippen molar-refractivity contribution in [3.8, 4) is 0 Å². The lowest BCUT2D eigenvalue weighted by molar-refractivity contribution is 0.0498. The van der Waals surface area contributed by atoms with E-state index in [2.05, 4.69) is 39.9 Å². The molecule has 1 saturated heterocycles. The van der Waals surface area contributed by atoms with Gasteiger partial charge in [-0.15, -0.1) is 0 Å². The summed E-state index contributed by atoms with van der Waals surface area (Å²) in [6.07, 6.45) is 1.45. The van der Waals surface area contributed by atoms with Crippen LogP contribution in [0.4, 0.5) is 5.69 Å². The highest BCUT2D eigenvalue weighted by Gasteiger charge is 2.26. The van der Waals surface area contributed by atoms with Crippen molar-refractivity contribution in [3.05, 3.63) is 28.2 Å². The zero-order valence-electron chi connectivity index (χ0n) is 10.9. The molecule has 1 N–H and O–H groups in total. The summed E-state index contributed by atoms with van der Waals surface area (Å²) in [4.78, 5) is 2.35. The first-order valence-corrected chi connectivity index (χ1v) is 7.12. The highest BCUT2D eigenvalue weighted by atomic mass is 79.9. The van der Waals surface area contributed by atoms with Crippen molar-refractivity contribution >= 4 is 21.6 Å². The van der Waals surface area contributed by atoms with Crippen LogP contribution in [-0.4, -0.2) is 31.4 Å². The highest BCUT2D eigenvalue weighted by Crippen LogP contribution is 2.28. The van der Waals surface area contributed by atoms with E-state index in [0.29, 0.717) is 12.0 Å². The van der Waals surface area contributed by atoms with Crippen LogP contribution in [0.15, 0.2) is 22.7 Å². The molecular formula is C14H20BrNO2. The van der Waals surface area contributed by atoms with Gasteiger partial charge in [-0.25, -0.2) is 0 Å². The minimum Gasteiger partial charge on any atom is -0.392 e. The molecule has 100 valence electrons. The van der Waals surface area contributed by atoms with E-state index in [1.165, 1.54) is 5.69 Å². The lowest BCUT2D eigenvalue weighted by atomic mass is 9.95. The molecule has 2 unspecified atom stereocenters. The van der Waals surface area contributed by atoms with E-state index in [4.69, 9.17) is 4.74 Å². The fourth-order valence-electron chi connectivity index (χ4n) is 2.44. The number of methoxy groups -OCH3 is 1. The molecule has 0 saturated carbocycles. The zero-order chi connectivity index (χ0) is 13.1. The summed E-state index contributed by atoms with van der Waals surface area (Å²) in [6.45, 7) is 4.31. The highest BCUT2D eigenvalue weighted by molar-refractivity contribution is 9.10. The van der Waals surface area contributed by atoms with Crippen molar-refractivity contribution in [2.24, 2.45) is 5.92 Å². The molecule has 0 spiro atoms. The molecule has 1 aromatic carbocycles. The first kappa shape index (κ1) is 13.8. The van der Waals surface area contributed by atoms with Gasteiger partial charge in [-0.1, -0.05) is 28.9 Å². The van der Waals surface area contributed by atoms with Crippen molar-refractivity contribution in [1.82, 2.24) is 0 Å². The molecule has 1 heterocycles. The molecule has 4 heteroatoms. The number of benzene rings is 1. The summed E-state index contributed by atoms with van der Waals surface area (Å²) >= 11 is 3.50. The van der Waals surface area contributed by atoms with Crippen LogP contribution in [0.5, 0.6) is 0 Å². The summed E-state index contributed by atoms with van der Waals surface area (Å²) < 4.78 is 6.50. The quantitative estimate of drug-likeness (QED) is 0.931. The van der Waals surface area contributed by atoms with Gasteiger partial charge in [0.15, 0.2) is 0 Å². The third-order valence-electron chi connectivity index (χ3n) is 3.76. The number of hydrogen-bond acceptors (Lipinski definition) is 3. The predicted molar refractivity (Wildman–Crippen MR) is 76.9 cm³/mol. The maximum atomic E-state index is 9.17. The van der Waals surface area contributed by atoms with Gasteiger partial charge in [-0.3, -0.25) is 0 Å². The molecule has 2 atom stereocenters. The maximum Gasteiger partial charge on any atom is 0.0772 e. The van der Waals surface area contributed by atoms with Crippen LogP contribution in [0.25, 0.3) is 0 Å². The van der Waals surface area contributed by atoms with Crippen molar-refractivity contribution in [2.75, 3.05) is 25.1 Å². The van der Waals surface area contributed by atoms with E-state index in [-0.39, 0.29) is 6.61 Å². The number of aliphatic hydroxyl groups excluding tert-OH is 1. The summed E-state index contributed by atoms with van der Waals surface area (Å²) in [5.41, 5.74) is 2.11. The largest absolute Gasteiger partial charge is 0.392 e. The van der Waals surface area contributed by atoms with Gasteiger partial charge < -0.3 is 14.7 Å². The third-order valence-corrected chi connectivity index (χ3v) is 4.50. The van der Waals surface area contributed by atoms with E-state index >= 15 is 0 Å². The summed E-state index contributed by atoms with van der Waals surface area (Å²) in [7, 11) is 1.79. The molecule has 18 heavy (non-hydrogen) atoms. The molecule has 0 bridgehead atoms. The van der Waals surface area contributed by atoms with E-state index in [1.807, 2.05) is 6.07 Å². The Balaban J connectivity index is 2.14. The predicted octanol–water partition coefficient (Wildman–Crippen LogP) is 2.80. The van der Waals surface area contributed by atoms with Gasteiger partial charge in [0.05, 0.1) is 12.7 Å². The van der Waals surface area contributed by atoms with Crippen LogP contribution < -0.4 is 4.90 Å². The lowest BCUT2D eigenvalue weighted by Gasteiger charge is -2.37. The Morgan fingerprint density at radius 1 is 1.50 bits per heavy atom. The summed E-state index contributed by atoms with van der Waals surface area (Å²) in [5.74, 6) is 0.617. The Morgan fingerprint density at radius 2 is 2.28 bits per heavy atom. The molecule has 2 rings (SSSR count). The normalized spacial score (nSPS) is 24.3. The van der Waals surface area contributed by atoms with Gasteiger partial charge >= 0.3 is 0 Å². The standard InChI is InChI=1S/C14H20BrNO2/c1-10-5-6-16(8-14(10)18-2)12-4-3-11(9-17)13(15)7-12/h3-4,7,10,14,17H,5-6,8-9H2,1-2H3. The maximum absolute atomic E-state index is 9.17. The van der Waals surface area contributed by atoms with Crippen LogP contribution in [0.1, 0.15) is 18.9 Å². The van der Waals surface area contributed by atoms with Crippen LogP contribution in [0, 0.1) is 5.92 Å². The number of halogens is 1. The first-order chi connectivity index (χ1) is 8.65. The van der Waals surface area contributed by atoms with E-state index in [1.54, 1.807) is 7.11 Å². The second kappa shape index (κ2) is 6.04. The molecule has 0 aliphatic carbocycles. The van der Waals surface area contributed by atoms with Crippen molar-refractivity contribution in [3.63, 3.8) is 0 Å². The SMILES string of the molecule is COC1CN(c2ccc(CO)c(Br)c2)CCC1C. The molecule has 1 fully saturated rings. The fourth-order valence-corrected chi connectivity index (χ4v) is 2.93.